The van der Waals surface area contributed by atoms with Crippen LogP contribution < -0.4 is 0 Å². The van der Waals surface area contributed by atoms with Crippen LogP contribution in [-0.2, 0) is 6.54 Å². The third kappa shape index (κ3) is 3.63. The number of aromatic carboxylic acids is 1. The Hall–Kier alpha value is -2.64. The number of piperidine rings is 1. The molecule has 0 atom stereocenters. The van der Waals surface area contributed by atoms with Crippen molar-refractivity contribution in [3.05, 3.63) is 35.4 Å². The largest absolute Gasteiger partial charge is 0.478 e. The second-order valence-corrected chi connectivity index (χ2v) is 7.26. The summed E-state index contributed by atoms with van der Waals surface area (Å²) < 4.78 is 3.60. The predicted molar refractivity (Wildman–Crippen MR) is 95.2 cm³/mol. The summed E-state index contributed by atoms with van der Waals surface area (Å²) in [5.74, 6) is -0.488. The summed E-state index contributed by atoms with van der Waals surface area (Å²) in [6.07, 6.45) is 6.10. The summed E-state index contributed by atoms with van der Waals surface area (Å²) in [5, 5.41) is 17.5. The van der Waals surface area contributed by atoms with Crippen LogP contribution in [0.25, 0.3) is 0 Å². The molecular weight excluding hydrogens is 334 g/mol. The van der Waals surface area contributed by atoms with E-state index in [1.807, 2.05) is 16.5 Å². The Kier molecular flexibility index (Phi) is 5.11. The molecule has 2 aromatic rings. The SMILES string of the molecule is Cc1c(C(=O)N2CCC(n3cc(C(=O)O)cn3)CC2)cnn1CC(C)C. The maximum atomic E-state index is 12.8. The van der Waals surface area contributed by atoms with Crippen molar-refractivity contribution in [2.24, 2.45) is 5.92 Å². The Balaban J connectivity index is 1.63. The van der Waals surface area contributed by atoms with Gasteiger partial charge in [0.1, 0.15) is 0 Å². The minimum atomic E-state index is -0.974. The second kappa shape index (κ2) is 7.31. The van der Waals surface area contributed by atoms with Crippen LogP contribution in [-0.4, -0.2) is 54.5 Å². The van der Waals surface area contributed by atoms with Gasteiger partial charge in [-0.25, -0.2) is 4.79 Å². The van der Waals surface area contributed by atoms with Crippen molar-refractivity contribution in [1.82, 2.24) is 24.5 Å². The minimum absolute atomic E-state index is 0.0163. The molecule has 0 aliphatic carbocycles. The average molecular weight is 359 g/mol. The zero-order valence-electron chi connectivity index (χ0n) is 15.4. The summed E-state index contributed by atoms with van der Waals surface area (Å²) in [5.41, 5.74) is 1.76. The van der Waals surface area contributed by atoms with E-state index in [1.165, 1.54) is 6.20 Å². The molecule has 1 saturated heterocycles. The molecule has 3 rings (SSSR count). The van der Waals surface area contributed by atoms with E-state index in [2.05, 4.69) is 24.0 Å². The molecule has 1 aliphatic rings. The smallest absolute Gasteiger partial charge is 0.338 e. The first kappa shape index (κ1) is 18.2. The van der Waals surface area contributed by atoms with Crippen LogP contribution in [0.15, 0.2) is 18.6 Å². The third-order valence-electron chi connectivity index (χ3n) is 4.85. The van der Waals surface area contributed by atoms with Crippen molar-refractivity contribution in [1.29, 1.82) is 0 Å². The van der Waals surface area contributed by atoms with Gasteiger partial charge in [0.05, 0.1) is 29.6 Å². The van der Waals surface area contributed by atoms with Gasteiger partial charge in [0, 0.05) is 31.5 Å². The minimum Gasteiger partial charge on any atom is -0.478 e. The van der Waals surface area contributed by atoms with Crippen LogP contribution in [0.4, 0.5) is 0 Å². The number of hydrogen-bond donors (Lipinski definition) is 1. The lowest BCUT2D eigenvalue weighted by Crippen LogP contribution is -2.39. The van der Waals surface area contributed by atoms with Gasteiger partial charge in [-0.05, 0) is 25.7 Å². The fraction of sp³-hybridized carbons (Fsp3) is 0.556. The van der Waals surface area contributed by atoms with Crippen LogP contribution >= 0.6 is 0 Å². The Bertz CT molecular complexity index is 800. The number of carbonyl (C=O) groups is 2. The summed E-state index contributed by atoms with van der Waals surface area (Å²) in [4.78, 5) is 25.7. The number of nitrogens with zero attached hydrogens (tertiary/aromatic N) is 5. The molecule has 2 aromatic heterocycles. The number of carboxylic acid groups (broad SMARTS) is 1. The van der Waals surface area contributed by atoms with E-state index in [0.29, 0.717) is 24.6 Å². The molecule has 0 bridgehead atoms. The van der Waals surface area contributed by atoms with E-state index in [9.17, 15) is 9.59 Å². The Morgan fingerprint density at radius 2 is 1.92 bits per heavy atom. The Morgan fingerprint density at radius 3 is 2.50 bits per heavy atom. The van der Waals surface area contributed by atoms with E-state index in [4.69, 9.17) is 5.11 Å². The molecule has 1 N–H and O–H groups in total. The number of likely N-dealkylation sites (tertiary alicyclic amines) is 1. The predicted octanol–water partition coefficient (Wildman–Crippen LogP) is 2.22. The maximum Gasteiger partial charge on any atom is 0.338 e. The number of rotatable bonds is 5. The molecule has 0 aromatic carbocycles. The van der Waals surface area contributed by atoms with Crippen LogP contribution in [0.2, 0.25) is 0 Å². The van der Waals surface area contributed by atoms with Gasteiger partial charge in [0.15, 0.2) is 0 Å². The van der Waals surface area contributed by atoms with Gasteiger partial charge in [-0.1, -0.05) is 13.8 Å². The summed E-state index contributed by atoms with van der Waals surface area (Å²) in [6, 6.07) is 0.122. The van der Waals surface area contributed by atoms with Gasteiger partial charge in [-0.3, -0.25) is 14.2 Å². The van der Waals surface area contributed by atoms with E-state index in [1.54, 1.807) is 17.1 Å². The van der Waals surface area contributed by atoms with Crippen molar-refractivity contribution < 1.29 is 14.7 Å². The molecule has 1 amide bonds. The summed E-state index contributed by atoms with van der Waals surface area (Å²) in [7, 11) is 0. The van der Waals surface area contributed by atoms with Crippen molar-refractivity contribution in [3.63, 3.8) is 0 Å². The lowest BCUT2D eigenvalue weighted by molar-refractivity contribution is 0.0687. The first-order chi connectivity index (χ1) is 12.4. The molecular formula is C18H25N5O3. The molecule has 8 heteroatoms. The Labute approximate surface area is 152 Å². The average Bonchev–Trinajstić information content (AvgIpc) is 3.22. The molecule has 26 heavy (non-hydrogen) atoms. The van der Waals surface area contributed by atoms with Gasteiger partial charge in [0.25, 0.3) is 5.91 Å². The normalized spacial score (nSPS) is 15.6. The first-order valence-electron chi connectivity index (χ1n) is 8.96. The van der Waals surface area contributed by atoms with Gasteiger partial charge >= 0.3 is 5.97 Å². The fourth-order valence-corrected chi connectivity index (χ4v) is 3.34. The fourth-order valence-electron chi connectivity index (χ4n) is 3.34. The molecule has 8 nitrogen and oxygen atoms in total. The highest BCUT2D eigenvalue weighted by atomic mass is 16.4. The quantitative estimate of drug-likeness (QED) is 0.883. The van der Waals surface area contributed by atoms with E-state index < -0.39 is 5.97 Å². The molecule has 3 heterocycles. The summed E-state index contributed by atoms with van der Waals surface area (Å²) >= 11 is 0. The number of aromatic nitrogens is 4. The van der Waals surface area contributed by atoms with E-state index in [-0.39, 0.29) is 17.5 Å². The second-order valence-electron chi connectivity index (χ2n) is 7.26. The van der Waals surface area contributed by atoms with E-state index in [0.717, 1.165) is 25.1 Å². The first-order valence-corrected chi connectivity index (χ1v) is 8.96. The molecule has 1 aliphatic heterocycles. The van der Waals surface area contributed by atoms with Gasteiger partial charge in [0.2, 0.25) is 0 Å². The molecule has 140 valence electrons. The lowest BCUT2D eigenvalue weighted by atomic mass is 10.0. The van der Waals surface area contributed by atoms with Gasteiger partial charge in [-0.15, -0.1) is 0 Å². The summed E-state index contributed by atoms with van der Waals surface area (Å²) in [6.45, 7) is 8.23. The molecule has 1 fully saturated rings. The van der Waals surface area contributed by atoms with Crippen LogP contribution in [0, 0.1) is 12.8 Å². The maximum absolute atomic E-state index is 12.8. The highest BCUT2D eigenvalue weighted by Crippen LogP contribution is 2.24. The Morgan fingerprint density at radius 1 is 1.23 bits per heavy atom. The number of hydrogen-bond acceptors (Lipinski definition) is 4. The standard InChI is InChI=1S/C18H25N5O3/c1-12(2)10-22-13(3)16(9-20-22)17(24)21-6-4-15(5-7-21)23-11-14(8-19-23)18(25)26/h8-9,11-12,15H,4-7,10H2,1-3H3,(H,25,26). The number of carbonyl (C=O) groups excluding carboxylic acids is 1. The lowest BCUT2D eigenvalue weighted by Gasteiger charge is -2.32. The number of carboxylic acids is 1. The van der Waals surface area contributed by atoms with E-state index >= 15 is 0 Å². The molecule has 0 saturated carbocycles. The van der Waals surface area contributed by atoms with Crippen LogP contribution in [0.5, 0.6) is 0 Å². The molecule has 0 radical (unpaired) electrons. The zero-order valence-corrected chi connectivity index (χ0v) is 15.4. The third-order valence-corrected chi connectivity index (χ3v) is 4.85. The number of amides is 1. The zero-order chi connectivity index (χ0) is 18.8. The molecule has 0 unspecified atom stereocenters. The van der Waals surface area contributed by atoms with Gasteiger partial charge in [-0.2, -0.15) is 10.2 Å². The van der Waals surface area contributed by atoms with Gasteiger partial charge < -0.3 is 10.0 Å². The highest BCUT2D eigenvalue weighted by molar-refractivity contribution is 5.95. The van der Waals surface area contributed by atoms with Crippen molar-refractivity contribution in [2.45, 2.75) is 46.2 Å². The highest BCUT2D eigenvalue weighted by Gasteiger charge is 2.27. The topological polar surface area (TPSA) is 93.2 Å². The van der Waals surface area contributed by atoms with Crippen molar-refractivity contribution in [2.75, 3.05) is 13.1 Å². The molecule has 0 spiro atoms. The van der Waals surface area contributed by atoms with Crippen LogP contribution in [0.1, 0.15) is 59.1 Å². The van der Waals surface area contributed by atoms with Crippen molar-refractivity contribution in [3.8, 4) is 0 Å². The van der Waals surface area contributed by atoms with Crippen LogP contribution in [0.3, 0.4) is 0 Å². The van der Waals surface area contributed by atoms with Crippen molar-refractivity contribution >= 4 is 11.9 Å². The monoisotopic (exact) mass is 359 g/mol.